The van der Waals surface area contributed by atoms with Crippen molar-refractivity contribution in [3.63, 3.8) is 0 Å². The molecule has 0 saturated carbocycles. The van der Waals surface area contributed by atoms with Crippen LogP contribution in [0.2, 0.25) is 0 Å². The second-order valence-corrected chi connectivity index (χ2v) is 11.9. The smallest absolute Gasteiger partial charge is 0.279 e. The first-order valence-electron chi connectivity index (χ1n) is 9.71. The van der Waals surface area contributed by atoms with Crippen LogP contribution in [0.1, 0.15) is 29.8 Å². The molecule has 11 heteroatoms. The first-order chi connectivity index (χ1) is 15.2. The molecule has 1 atom stereocenters. The number of rotatable bonds is 7. The van der Waals surface area contributed by atoms with Gasteiger partial charge in [-0.25, -0.2) is 12.8 Å². The minimum Gasteiger partial charge on any atom is -0.284 e. The zero-order valence-electron chi connectivity index (χ0n) is 17.0. The van der Waals surface area contributed by atoms with Gasteiger partial charge >= 0.3 is 0 Å². The zero-order chi connectivity index (χ0) is 22.9. The van der Waals surface area contributed by atoms with E-state index in [0.717, 1.165) is 21.4 Å². The van der Waals surface area contributed by atoms with Gasteiger partial charge in [-0.3, -0.25) is 4.72 Å². The monoisotopic (exact) mass is 493 g/mol. The molecular formula is C21H20FN3O4S3. The standard InChI is InChI=1S/C21H20FN3O4S3/c1-2-31(26,27)24-17-9-5-15(6-10-17)19-14-20(21-4-3-13-30-21)25(23-19)32(28,29)18-11-7-16(22)8-12-18/h3-13,20,24H,2,14H2,1H3. The third-order valence-corrected chi connectivity index (χ3v) is 8.95. The van der Waals surface area contributed by atoms with Crippen molar-refractivity contribution in [3.05, 3.63) is 82.3 Å². The number of anilines is 1. The van der Waals surface area contributed by atoms with Gasteiger partial charge in [-0.1, -0.05) is 18.2 Å². The van der Waals surface area contributed by atoms with Crippen LogP contribution in [0.15, 0.2) is 76.0 Å². The van der Waals surface area contributed by atoms with Crippen molar-refractivity contribution in [1.29, 1.82) is 0 Å². The Morgan fingerprint density at radius 1 is 1.06 bits per heavy atom. The number of sulfonamides is 2. The van der Waals surface area contributed by atoms with Gasteiger partial charge in [-0.15, -0.1) is 11.3 Å². The molecule has 2 aromatic carbocycles. The van der Waals surface area contributed by atoms with Crippen molar-refractivity contribution < 1.29 is 21.2 Å². The molecule has 0 spiro atoms. The molecule has 32 heavy (non-hydrogen) atoms. The highest BCUT2D eigenvalue weighted by Crippen LogP contribution is 2.39. The second-order valence-electron chi connectivity index (χ2n) is 7.10. The lowest BCUT2D eigenvalue weighted by atomic mass is 10.0. The minimum atomic E-state index is -4.01. The van der Waals surface area contributed by atoms with Crippen LogP contribution in [0.3, 0.4) is 0 Å². The molecule has 3 aromatic rings. The predicted molar refractivity (Wildman–Crippen MR) is 123 cm³/mol. The Bertz CT molecular complexity index is 1340. The van der Waals surface area contributed by atoms with Gasteiger partial charge in [0, 0.05) is 17.0 Å². The summed E-state index contributed by atoms with van der Waals surface area (Å²) in [7, 11) is -7.41. The van der Waals surface area contributed by atoms with E-state index in [2.05, 4.69) is 9.82 Å². The number of halogens is 1. The number of hydrazone groups is 1. The summed E-state index contributed by atoms with van der Waals surface area (Å²) in [5, 5.41) is 6.29. The summed E-state index contributed by atoms with van der Waals surface area (Å²) >= 11 is 1.43. The van der Waals surface area contributed by atoms with Gasteiger partial charge in [0.25, 0.3) is 10.0 Å². The molecule has 0 bridgehead atoms. The van der Waals surface area contributed by atoms with Crippen molar-refractivity contribution in [3.8, 4) is 0 Å². The minimum absolute atomic E-state index is 0.0415. The zero-order valence-corrected chi connectivity index (χ0v) is 19.4. The topological polar surface area (TPSA) is 95.9 Å². The molecule has 0 aliphatic carbocycles. The van der Waals surface area contributed by atoms with Crippen LogP contribution in [-0.2, 0) is 20.0 Å². The second kappa shape index (κ2) is 8.64. The van der Waals surface area contributed by atoms with Gasteiger partial charge in [-0.05, 0) is 60.3 Å². The third-order valence-electron chi connectivity index (χ3n) is 4.97. The summed E-state index contributed by atoms with van der Waals surface area (Å²) in [6, 6.07) is 14.4. The van der Waals surface area contributed by atoms with Crippen LogP contribution < -0.4 is 4.72 Å². The van der Waals surface area contributed by atoms with Crippen LogP contribution in [0.4, 0.5) is 10.1 Å². The van der Waals surface area contributed by atoms with Crippen molar-refractivity contribution in [2.45, 2.75) is 24.3 Å². The van der Waals surface area contributed by atoms with Gasteiger partial charge in [0.15, 0.2) is 0 Å². The van der Waals surface area contributed by atoms with E-state index in [1.165, 1.54) is 23.5 Å². The quantitative estimate of drug-likeness (QED) is 0.534. The average Bonchev–Trinajstić information content (AvgIpc) is 3.45. The molecular weight excluding hydrogens is 473 g/mol. The normalized spacial score (nSPS) is 16.8. The molecule has 4 rings (SSSR count). The highest BCUT2D eigenvalue weighted by Gasteiger charge is 2.38. The fourth-order valence-corrected chi connectivity index (χ4v) is 6.22. The Balaban J connectivity index is 1.69. The van der Waals surface area contributed by atoms with Crippen molar-refractivity contribution in [2.24, 2.45) is 5.10 Å². The Morgan fingerprint density at radius 2 is 1.75 bits per heavy atom. The van der Waals surface area contributed by atoms with Crippen LogP contribution >= 0.6 is 11.3 Å². The van der Waals surface area contributed by atoms with E-state index in [1.54, 1.807) is 31.2 Å². The van der Waals surface area contributed by atoms with E-state index in [4.69, 9.17) is 0 Å². The van der Waals surface area contributed by atoms with Gasteiger partial charge in [-0.2, -0.15) is 17.9 Å². The lowest BCUT2D eigenvalue weighted by molar-refractivity contribution is 0.375. The Labute approximate surface area is 190 Å². The van der Waals surface area contributed by atoms with E-state index in [0.29, 0.717) is 23.4 Å². The summed E-state index contributed by atoms with van der Waals surface area (Å²) in [4.78, 5) is 0.788. The number of nitrogens with zero attached hydrogens (tertiary/aromatic N) is 2. The molecule has 1 aliphatic rings. The Kier molecular flexibility index (Phi) is 6.06. The highest BCUT2D eigenvalue weighted by atomic mass is 32.2. The third kappa shape index (κ3) is 4.54. The number of hydrogen-bond donors (Lipinski definition) is 1. The predicted octanol–water partition coefficient (Wildman–Crippen LogP) is 4.19. The molecule has 0 fully saturated rings. The largest absolute Gasteiger partial charge is 0.284 e. The molecule has 7 nitrogen and oxygen atoms in total. The summed E-state index contributed by atoms with van der Waals surface area (Å²) in [6.07, 6.45) is 0.348. The van der Waals surface area contributed by atoms with E-state index in [9.17, 15) is 21.2 Å². The van der Waals surface area contributed by atoms with Crippen LogP contribution in [-0.4, -0.2) is 32.7 Å². The number of nitrogens with one attached hydrogen (secondary N) is 1. The lowest BCUT2D eigenvalue weighted by Gasteiger charge is -2.22. The Hall–Kier alpha value is -2.76. The van der Waals surface area contributed by atoms with Crippen molar-refractivity contribution >= 4 is 42.8 Å². The summed E-state index contributed by atoms with van der Waals surface area (Å²) < 4.78 is 67.0. The molecule has 168 valence electrons. The maximum atomic E-state index is 13.3. The summed E-state index contributed by atoms with van der Waals surface area (Å²) in [6.45, 7) is 1.55. The SMILES string of the molecule is CCS(=O)(=O)Nc1ccc(C2=NN(S(=O)(=O)c3ccc(F)cc3)C(c3cccs3)C2)cc1. The van der Waals surface area contributed by atoms with Gasteiger partial charge in [0.2, 0.25) is 10.0 Å². The maximum Gasteiger partial charge on any atom is 0.279 e. The van der Waals surface area contributed by atoms with E-state index in [1.807, 2.05) is 17.5 Å². The summed E-state index contributed by atoms with van der Waals surface area (Å²) in [5.74, 6) is -0.566. The van der Waals surface area contributed by atoms with Crippen LogP contribution in [0, 0.1) is 5.82 Å². The molecule has 2 heterocycles. The number of benzene rings is 2. The molecule has 0 saturated heterocycles. The molecule has 1 N–H and O–H groups in total. The van der Waals surface area contributed by atoms with Crippen LogP contribution in [0.25, 0.3) is 0 Å². The van der Waals surface area contributed by atoms with E-state index < -0.39 is 31.9 Å². The van der Waals surface area contributed by atoms with Crippen LogP contribution in [0.5, 0.6) is 0 Å². The molecule has 1 aromatic heterocycles. The molecule has 0 radical (unpaired) electrons. The average molecular weight is 494 g/mol. The van der Waals surface area contributed by atoms with E-state index in [-0.39, 0.29) is 10.6 Å². The molecule has 1 unspecified atom stereocenters. The number of hydrogen-bond acceptors (Lipinski definition) is 6. The highest BCUT2D eigenvalue weighted by molar-refractivity contribution is 7.92. The summed E-state index contributed by atoms with van der Waals surface area (Å²) in [5.41, 5.74) is 1.65. The van der Waals surface area contributed by atoms with Crippen molar-refractivity contribution in [1.82, 2.24) is 4.41 Å². The maximum absolute atomic E-state index is 13.3. The Morgan fingerprint density at radius 3 is 2.34 bits per heavy atom. The van der Waals surface area contributed by atoms with Crippen molar-refractivity contribution in [2.75, 3.05) is 10.5 Å². The first-order valence-corrected chi connectivity index (χ1v) is 13.7. The van der Waals surface area contributed by atoms with Gasteiger partial charge < -0.3 is 0 Å². The van der Waals surface area contributed by atoms with E-state index >= 15 is 0 Å². The molecule has 1 aliphatic heterocycles. The number of thiophene rings is 1. The van der Waals surface area contributed by atoms with Gasteiger partial charge in [0.1, 0.15) is 11.9 Å². The fraction of sp³-hybridized carbons (Fsp3) is 0.190. The van der Waals surface area contributed by atoms with Gasteiger partial charge in [0.05, 0.1) is 16.4 Å². The molecule has 0 amide bonds. The first kappa shape index (κ1) is 22.4. The fourth-order valence-electron chi connectivity index (χ4n) is 3.27. The lowest BCUT2D eigenvalue weighted by Crippen LogP contribution is -2.26.